The highest BCUT2D eigenvalue weighted by atomic mass is 16.6. The zero-order valence-corrected chi connectivity index (χ0v) is 10.7. The Labute approximate surface area is 109 Å². The number of hydrogen-bond donors (Lipinski definition) is 1. The van der Waals surface area contributed by atoms with Crippen LogP contribution in [0.25, 0.3) is 11.5 Å². The van der Waals surface area contributed by atoms with E-state index in [1.54, 1.807) is 6.07 Å². The molecule has 0 atom stereocenters. The lowest BCUT2D eigenvalue weighted by Gasteiger charge is -1.99. The molecule has 19 heavy (non-hydrogen) atoms. The summed E-state index contributed by atoms with van der Waals surface area (Å²) in [6, 6.07) is 4.57. The third-order valence-electron chi connectivity index (χ3n) is 2.66. The van der Waals surface area contributed by atoms with E-state index in [2.05, 4.69) is 15.5 Å². The first-order valence-electron chi connectivity index (χ1n) is 5.90. The molecule has 7 heteroatoms. The second-order valence-corrected chi connectivity index (χ2v) is 4.05. The van der Waals surface area contributed by atoms with Crippen molar-refractivity contribution in [3.05, 3.63) is 39.7 Å². The van der Waals surface area contributed by atoms with E-state index in [4.69, 9.17) is 4.52 Å². The van der Waals surface area contributed by atoms with Crippen LogP contribution in [0.15, 0.2) is 22.7 Å². The second-order valence-electron chi connectivity index (χ2n) is 4.05. The van der Waals surface area contributed by atoms with Gasteiger partial charge in [-0.3, -0.25) is 10.1 Å². The maximum atomic E-state index is 10.8. The van der Waals surface area contributed by atoms with Crippen LogP contribution in [-0.4, -0.2) is 21.6 Å². The van der Waals surface area contributed by atoms with Crippen molar-refractivity contribution < 1.29 is 9.45 Å². The molecule has 0 radical (unpaired) electrons. The summed E-state index contributed by atoms with van der Waals surface area (Å²) in [7, 11) is 0. The van der Waals surface area contributed by atoms with Crippen LogP contribution in [0.3, 0.4) is 0 Å². The summed E-state index contributed by atoms with van der Waals surface area (Å²) in [5.41, 5.74) is 1.45. The molecule has 0 fully saturated rings. The number of nitrogens with zero attached hydrogens (tertiary/aromatic N) is 3. The molecule has 1 N–H and O–H groups in total. The van der Waals surface area contributed by atoms with E-state index >= 15 is 0 Å². The molecule has 0 aliphatic heterocycles. The number of rotatable bonds is 5. The number of aryl methyl sites for hydroxylation is 1. The van der Waals surface area contributed by atoms with Gasteiger partial charge in [-0.15, -0.1) is 0 Å². The quantitative estimate of drug-likeness (QED) is 0.654. The van der Waals surface area contributed by atoms with Gasteiger partial charge in [-0.25, -0.2) is 0 Å². The Balaban J connectivity index is 2.32. The van der Waals surface area contributed by atoms with E-state index in [-0.39, 0.29) is 5.69 Å². The van der Waals surface area contributed by atoms with Gasteiger partial charge >= 0.3 is 0 Å². The van der Waals surface area contributed by atoms with Crippen LogP contribution in [0.1, 0.15) is 18.3 Å². The molecule has 0 saturated heterocycles. The maximum Gasteiger partial charge on any atom is 0.270 e. The van der Waals surface area contributed by atoms with Gasteiger partial charge in [0.05, 0.1) is 11.5 Å². The van der Waals surface area contributed by atoms with E-state index in [0.717, 1.165) is 12.1 Å². The summed E-state index contributed by atoms with van der Waals surface area (Å²) in [5.74, 6) is 0.830. The fraction of sp³-hybridized carbons (Fsp3) is 0.333. The maximum absolute atomic E-state index is 10.8. The molecule has 1 aromatic heterocycles. The molecule has 0 unspecified atom stereocenters. The van der Waals surface area contributed by atoms with Crippen LogP contribution in [-0.2, 0) is 6.54 Å². The largest absolute Gasteiger partial charge is 0.334 e. The van der Waals surface area contributed by atoms with Gasteiger partial charge in [0.25, 0.3) is 11.6 Å². The van der Waals surface area contributed by atoms with Crippen molar-refractivity contribution >= 4 is 5.69 Å². The molecule has 0 aliphatic rings. The number of nitro benzene ring substituents is 1. The Bertz CT molecular complexity index is 594. The van der Waals surface area contributed by atoms with Gasteiger partial charge in [0, 0.05) is 17.7 Å². The zero-order valence-electron chi connectivity index (χ0n) is 10.7. The summed E-state index contributed by atoms with van der Waals surface area (Å²) >= 11 is 0. The molecule has 0 aliphatic carbocycles. The van der Waals surface area contributed by atoms with Crippen molar-refractivity contribution in [2.24, 2.45) is 0 Å². The first-order valence-corrected chi connectivity index (χ1v) is 5.90. The average Bonchev–Trinajstić information content (AvgIpc) is 2.85. The fourth-order valence-electron chi connectivity index (χ4n) is 1.63. The van der Waals surface area contributed by atoms with Gasteiger partial charge in [-0.1, -0.05) is 18.1 Å². The number of aromatic nitrogens is 2. The molecule has 7 nitrogen and oxygen atoms in total. The molecule has 0 bridgehead atoms. The number of non-ortho nitro benzene ring substituents is 1. The molecule has 0 amide bonds. The predicted octanol–water partition coefficient (Wildman–Crippen LogP) is 2.06. The first kappa shape index (κ1) is 13.2. The van der Waals surface area contributed by atoms with Crippen molar-refractivity contribution in [3.8, 4) is 11.5 Å². The number of nitrogens with one attached hydrogen (secondary N) is 1. The van der Waals surface area contributed by atoms with Gasteiger partial charge in [0.2, 0.25) is 0 Å². The lowest BCUT2D eigenvalue weighted by atomic mass is 10.1. The minimum absolute atomic E-state index is 0.00651. The Morgan fingerprint density at radius 2 is 2.26 bits per heavy atom. The van der Waals surface area contributed by atoms with Crippen LogP contribution >= 0.6 is 0 Å². The molecule has 0 saturated carbocycles. The third kappa shape index (κ3) is 2.94. The standard InChI is InChI=1S/C12H14N4O3/c1-3-13-7-11-14-12(19-15-11)10-6-9(16(17)18)5-4-8(10)2/h4-6,13H,3,7H2,1-2H3. The summed E-state index contributed by atoms with van der Waals surface area (Å²) in [5, 5.41) is 17.7. The van der Waals surface area contributed by atoms with E-state index < -0.39 is 4.92 Å². The van der Waals surface area contributed by atoms with Crippen molar-refractivity contribution in [3.63, 3.8) is 0 Å². The number of nitro groups is 1. The summed E-state index contributed by atoms with van der Waals surface area (Å²) in [6.07, 6.45) is 0. The lowest BCUT2D eigenvalue weighted by Crippen LogP contribution is -2.12. The zero-order chi connectivity index (χ0) is 13.8. The monoisotopic (exact) mass is 262 g/mol. The van der Waals surface area contributed by atoms with Crippen molar-refractivity contribution in [1.82, 2.24) is 15.5 Å². The molecule has 1 aromatic carbocycles. The van der Waals surface area contributed by atoms with Crippen LogP contribution in [0, 0.1) is 17.0 Å². The number of benzene rings is 1. The highest BCUT2D eigenvalue weighted by Crippen LogP contribution is 2.26. The van der Waals surface area contributed by atoms with Gasteiger partial charge in [0.15, 0.2) is 5.82 Å². The van der Waals surface area contributed by atoms with Crippen molar-refractivity contribution in [1.29, 1.82) is 0 Å². The molecule has 2 aromatic rings. The smallest absolute Gasteiger partial charge is 0.270 e. The molecular formula is C12H14N4O3. The molecule has 100 valence electrons. The highest BCUT2D eigenvalue weighted by Gasteiger charge is 2.15. The van der Waals surface area contributed by atoms with Crippen LogP contribution in [0.4, 0.5) is 5.69 Å². The molecule has 0 spiro atoms. The summed E-state index contributed by atoms with van der Waals surface area (Å²) in [4.78, 5) is 14.5. The van der Waals surface area contributed by atoms with Gasteiger partial charge in [0.1, 0.15) is 0 Å². The molecular weight excluding hydrogens is 248 g/mol. The minimum Gasteiger partial charge on any atom is -0.334 e. The fourth-order valence-corrected chi connectivity index (χ4v) is 1.63. The van der Waals surface area contributed by atoms with Gasteiger partial charge in [-0.2, -0.15) is 4.98 Å². The van der Waals surface area contributed by atoms with Crippen molar-refractivity contribution in [2.45, 2.75) is 20.4 Å². The third-order valence-corrected chi connectivity index (χ3v) is 2.66. The Kier molecular flexibility index (Phi) is 3.86. The van der Waals surface area contributed by atoms with E-state index in [1.165, 1.54) is 12.1 Å². The minimum atomic E-state index is -0.446. The Hall–Kier alpha value is -2.28. The van der Waals surface area contributed by atoms with E-state index in [0.29, 0.717) is 23.8 Å². The van der Waals surface area contributed by atoms with Crippen LogP contribution < -0.4 is 5.32 Å². The van der Waals surface area contributed by atoms with Gasteiger partial charge < -0.3 is 9.84 Å². The van der Waals surface area contributed by atoms with Crippen LogP contribution in [0.5, 0.6) is 0 Å². The van der Waals surface area contributed by atoms with E-state index in [1.807, 2.05) is 13.8 Å². The Morgan fingerprint density at radius 3 is 2.95 bits per heavy atom. The summed E-state index contributed by atoms with van der Waals surface area (Å²) in [6.45, 7) is 5.13. The second kappa shape index (κ2) is 5.57. The number of hydrogen-bond acceptors (Lipinski definition) is 6. The molecule has 1 heterocycles. The predicted molar refractivity (Wildman–Crippen MR) is 68.5 cm³/mol. The van der Waals surface area contributed by atoms with Crippen molar-refractivity contribution in [2.75, 3.05) is 6.54 Å². The molecule has 2 rings (SSSR count). The normalized spacial score (nSPS) is 10.6. The van der Waals surface area contributed by atoms with Crippen LogP contribution in [0.2, 0.25) is 0 Å². The highest BCUT2D eigenvalue weighted by molar-refractivity contribution is 5.62. The topological polar surface area (TPSA) is 94.1 Å². The lowest BCUT2D eigenvalue weighted by molar-refractivity contribution is -0.384. The first-order chi connectivity index (χ1) is 9.11. The average molecular weight is 262 g/mol. The Morgan fingerprint density at radius 1 is 1.47 bits per heavy atom. The summed E-state index contributed by atoms with van der Waals surface area (Å²) < 4.78 is 5.14. The van der Waals surface area contributed by atoms with Gasteiger partial charge in [-0.05, 0) is 19.0 Å². The van der Waals surface area contributed by atoms with E-state index in [9.17, 15) is 10.1 Å². The SMILES string of the molecule is CCNCc1noc(-c2cc([N+](=O)[O-])ccc2C)n1.